The van der Waals surface area contributed by atoms with E-state index in [0.717, 1.165) is 21.5 Å². The van der Waals surface area contributed by atoms with Gasteiger partial charge in [0, 0.05) is 23.9 Å². The second-order valence-corrected chi connectivity index (χ2v) is 8.92. The van der Waals surface area contributed by atoms with Gasteiger partial charge in [-0.3, -0.25) is 20.4 Å². The fourth-order valence-electron chi connectivity index (χ4n) is 3.84. The summed E-state index contributed by atoms with van der Waals surface area (Å²) in [5.41, 5.74) is 7.42. The fourth-order valence-corrected chi connectivity index (χ4v) is 4.75. The Bertz CT molecular complexity index is 1260. The lowest BCUT2D eigenvalue weighted by Gasteiger charge is -2.30. The third kappa shape index (κ3) is 4.58. The van der Waals surface area contributed by atoms with Gasteiger partial charge < -0.3 is 9.32 Å². The van der Waals surface area contributed by atoms with E-state index in [4.69, 9.17) is 4.42 Å². The molecule has 1 fully saturated rings. The normalized spacial score (nSPS) is 14.4. The van der Waals surface area contributed by atoms with Crippen LogP contribution in [0.25, 0.3) is 21.5 Å². The van der Waals surface area contributed by atoms with Crippen LogP contribution in [0.2, 0.25) is 0 Å². The highest BCUT2D eigenvalue weighted by atomic mass is 32.1. The number of thiophene rings is 1. The highest BCUT2D eigenvalue weighted by molar-refractivity contribution is 7.17. The van der Waals surface area contributed by atoms with Gasteiger partial charge in [0.15, 0.2) is 5.58 Å². The second-order valence-electron chi connectivity index (χ2n) is 7.84. The molecule has 1 aliphatic heterocycles. The topological polar surface area (TPSA) is 87.5 Å². The zero-order valence-corrected chi connectivity index (χ0v) is 18.4. The van der Waals surface area contributed by atoms with E-state index in [2.05, 4.69) is 15.8 Å². The zero-order chi connectivity index (χ0) is 22.8. The van der Waals surface area contributed by atoms with E-state index in [1.807, 2.05) is 29.2 Å². The predicted octanol–water partition coefficient (Wildman–Crippen LogP) is 4.37. The van der Waals surface area contributed by atoms with Crippen LogP contribution in [0.3, 0.4) is 0 Å². The van der Waals surface area contributed by atoms with E-state index in [0.29, 0.717) is 36.8 Å². The Kier molecular flexibility index (Phi) is 5.78. The molecule has 0 radical (unpaired) electrons. The van der Waals surface area contributed by atoms with Crippen LogP contribution in [0, 0.1) is 11.7 Å². The SMILES string of the molecule is O=C(NNC(=O)C1CCN(c2nc3ccccc3o2)CC1)c1ccc(-c2ccc(F)cc2)s1. The monoisotopic (exact) mass is 464 g/mol. The number of piperidine rings is 1. The Morgan fingerprint density at radius 1 is 1.00 bits per heavy atom. The molecule has 168 valence electrons. The first-order valence-corrected chi connectivity index (χ1v) is 11.4. The number of para-hydroxylation sites is 2. The van der Waals surface area contributed by atoms with Gasteiger partial charge in [-0.15, -0.1) is 11.3 Å². The van der Waals surface area contributed by atoms with Crippen LogP contribution in [0.1, 0.15) is 22.5 Å². The highest BCUT2D eigenvalue weighted by Crippen LogP contribution is 2.28. The van der Waals surface area contributed by atoms with E-state index < -0.39 is 0 Å². The largest absolute Gasteiger partial charge is 0.423 e. The summed E-state index contributed by atoms with van der Waals surface area (Å²) in [4.78, 5) is 32.9. The maximum absolute atomic E-state index is 13.1. The van der Waals surface area contributed by atoms with E-state index >= 15 is 0 Å². The number of benzene rings is 2. The minimum atomic E-state index is -0.384. The Balaban J connectivity index is 1.12. The molecular formula is C24H21FN4O3S. The molecular weight excluding hydrogens is 443 g/mol. The van der Waals surface area contributed by atoms with Gasteiger partial charge in [0.25, 0.3) is 11.9 Å². The number of nitrogens with one attached hydrogen (secondary N) is 2. The average Bonchev–Trinajstić information content (AvgIpc) is 3.51. The van der Waals surface area contributed by atoms with Gasteiger partial charge in [0.1, 0.15) is 11.3 Å². The summed E-state index contributed by atoms with van der Waals surface area (Å²) < 4.78 is 18.9. The van der Waals surface area contributed by atoms with Gasteiger partial charge in [-0.2, -0.15) is 4.98 Å². The number of aromatic nitrogens is 1. The van der Waals surface area contributed by atoms with Crippen molar-refractivity contribution in [2.24, 2.45) is 5.92 Å². The molecule has 2 aromatic carbocycles. The summed E-state index contributed by atoms with van der Waals surface area (Å²) in [7, 11) is 0. The van der Waals surface area contributed by atoms with E-state index in [1.165, 1.54) is 23.5 Å². The first kappa shape index (κ1) is 21.1. The number of amides is 2. The molecule has 5 rings (SSSR count). The van der Waals surface area contributed by atoms with Gasteiger partial charge in [0.05, 0.1) is 4.88 Å². The van der Waals surface area contributed by atoms with Gasteiger partial charge in [0.2, 0.25) is 5.91 Å². The zero-order valence-electron chi connectivity index (χ0n) is 17.6. The van der Waals surface area contributed by atoms with Crippen molar-refractivity contribution in [1.29, 1.82) is 0 Å². The Morgan fingerprint density at radius 3 is 2.52 bits per heavy atom. The molecule has 0 atom stereocenters. The van der Waals surface area contributed by atoms with Gasteiger partial charge in [-0.05, 0) is 54.8 Å². The number of carbonyl (C=O) groups is 2. The van der Waals surface area contributed by atoms with Crippen molar-refractivity contribution in [2.75, 3.05) is 18.0 Å². The van der Waals surface area contributed by atoms with Crippen LogP contribution >= 0.6 is 11.3 Å². The molecule has 1 saturated heterocycles. The maximum Gasteiger partial charge on any atom is 0.298 e. The lowest BCUT2D eigenvalue weighted by atomic mass is 9.96. The molecule has 3 heterocycles. The quantitative estimate of drug-likeness (QED) is 0.438. The Hall–Kier alpha value is -3.72. The van der Waals surface area contributed by atoms with Crippen LogP contribution < -0.4 is 15.8 Å². The molecule has 2 aromatic heterocycles. The molecule has 7 nitrogen and oxygen atoms in total. The summed E-state index contributed by atoms with van der Waals surface area (Å²) in [6, 6.07) is 17.7. The van der Waals surface area contributed by atoms with E-state index in [-0.39, 0.29) is 23.5 Å². The van der Waals surface area contributed by atoms with Crippen LogP contribution in [-0.4, -0.2) is 29.9 Å². The van der Waals surface area contributed by atoms with Gasteiger partial charge in [-0.25, -0.2) is 4.39 Å². The van der Waals surface area contributed by atoms with Crippen LogP contribution in [0.4, 0.5) is 10.4 Å². The van der Waals surface area contributed by atoms with E-state index in [9.17, 15) is 14.0 Å². The summed E-state index contributed by atoms with van der Waals surface area (Å²) in [6.07, 6.45) is 1.27. The third-order valence-electron chi connectivity index (χ3n) is 5.68. The number of fused-ring (bicyclic) bond motifs is 1. The van der Waals surface area contributed by atoms with E-state index in [1.54, 1.807) is 24.3 Å². The van der Waals surface area contributed by atoms with Crippen LogP contribution in [0.15, 0.2) is 65.1 Å². The minimum Gasteiger partial charge on any atom is -0.423 e. The molecule has 2 amide bonds. The van der Waals surface area contributed by atoms with Crippen molar-refractivity contribution in [2.45, 2.75) is 12.8 Å². The molecule has 0 spiro atoms. The molecule has 0 bridgehead atoms. The lowest BCUT2D eigenvalue weighted by molar-refractivity contribution is -0.126. The van der Waals surface area contributed by atoms with Crippen molar-refractivity contribution in [3.05, 3.63) is 71.4 Å². The van der Waals surface area contributed by atoms with Crippen LogP contribution in [0.5, 0.6) is 0 Å². The van der Waals surface area contributed by atoms with Crippen molar-refractivity contribution >= 4 is 40.3 Å². The molecule has 1 aliphatic rings. The van der Waals surface area contributed by atoms with Crippen molar-refractivity contribution in [3.8, 4) is 10.4 Å². The number of hydrazine groups is 1. The summed E-state index contributed by atoms with van der Waals surface area (Å²) in [5, 5.41) is 0. The van der Waals surface area contributed by atoms with Crippen molar-refractivity contribution < 1.29 is 18.4 Å². The number of oxazole rings is 1. The minimum absolute atomic E-state index is 0.205. The highest BCUT2D eigenvalue weighted by Gasteiger charge is 2.27. The molecule has 0 saturated carbocycles. The number of hydrogen-bond acceptors (Lipinski definition) is 6. The van der Waals surface area contributed by atoms with Crippen molar-refractivity contribution in [3.63, 3.8) is 0 Å². The Morgan fingerprint density at radius 2 is 1.76 bits per heavy atom. The number of nitrogens with zero attached hydrogens (tertiary/aromatic N) is 2. The molecule has 0 unspecified atom stereocenters. The number of carbonyl (C=O) groups excluding carboxylic acids is 2. The molecule has 33 heavy (non-hydrogen) atoms. The first-order chi connectivity index (χ1) is 16.1. The summed E-state index contributed by atoms with van der Waals surface area (Å²) >= 11 is 1.28. The number of rotatable bonds is 4. The van der Waals surface area contributed by atoms with Gasteiger partial charge in [-0.1, -0.05) is 24.3 Å². The van der Waals surface area contributed by atoms with Crippen LogP contribution in [-0.2, 0) is 4.79 Å². The van der Waals surface area contributed by atoms with Crippen molar-refractivity contribution in [1.82, 2.24) is 15.8 Å². The first-order valence-electron chi connectivity index (χ1n) is 10.6. The smallest absolute Gasteiger partial charge is 0.298 e. The predicted molar refractivity (Wildman–Crippen MR) is 124 cm³/mol. The maximum atomic E-state index is 13.1. The fraction of sp³-hybridized carbons (Fsp3) is 0.208. The lowest BCUT2D eigenvalue weighted by Crippen LogP contribution is -2.47. The molecule has 0 aliphatic carbocycles. The number of hydrogen-bond donors (Lipinski definition) is 2. The molecule has 2 N–H and O–H groups in total. The van der Waals surface area contributed by atoms with Gasteiger partial charge >= 0.3 is 0 Å². The number of halogens is 1. The molecule has 9 heteroatoms. The Labute approximate surface area is 193 Å². The second kappa shape index (κ2) is 9.03. The summed E-state index contributed by atoms with van der Waals surface area (Å²) in [5.74, 6) is -1.11. The standard InChI is InChI=1S/C24H21FN4O3S/c25-17-7-5-15(6-8-17)20-9-10-21(33-20)23(31)28-27-22(30)16-11-13-29(14-12-16)24-26-18-3-1-2-4-19(18)32-24/h1-10,16H,11-14H2,(H,27,30)(H,28,31). The average molecular weight is 465 g/mol. The third-order valence-corrected chi connectivity index (χ3v) is 6.81. The summed E-state index contributed by atoms with van der Waals surface area (Å²) in [6.45, 7) is 1.29. The molecule has 4 aromatic rings. The number of anilines is 1.